The Morgan fingerprint density at radius 1 is 0.464 bits per heavy atom. The highest BCUT2D eigenvalue weighted by Crippen LogP contribution is 2.35. The predicted molar refractivity (Wildman–Crippen MR) is 120 cm³/mol. The van der Waals surface area contributed by atoms with E-state index in [-0.39, 0.29) is 0 Å². The minimum atomic E-state index is 1.10. The second-order valence-corrected chi connectivity index (χ2v) is 7.12. The van der Waals surface area contributed by atoms with Crippen molar-refractivity contribution in [2.24, 2.45) is 0 Å². The normalized spacial score (nSPS) is 12.3. The number of para-hydroxylation sites is 2. The first-order chi connectivity index (χ1) is 13.9. The summed E-state index contributed by atoms with van der Waals surface area (Å²) in [4.78, 5) is 0. The Labute approximate surface area is 166 Å². The van der Waals surface area contributed by atoms with Crippen molar-refractivity contribution in [1.82, 2.24) is 0 Å². The highest BCUT2D eigenvalue weighted by Gasteiger charge is 2.15. The van der Waals surface area contributed by atoms with Crippen molar-refractivity contribution in [2.75, 3.05) is 5.32 Å². The number of rotatable bonds is 0. The first kappa shape index (κ1) is 16.6. The zero-order valence-electron chi connectivity index (χ0n) is 15.6. The largest absolute Gasteiger partial charge is 0.355 e. The average molecular weight is 359 g/mol. The Bertz CT molecular complexity index is 1080. The lowest BCUT2D eigenvalue weighted by molar-refractivity contribution is 1.26. The van der Waals surface area contributed by atoms with Crippen LogP contribution in [0.25, 0.3) is 23.3 Å². The minimum Gasteiger partial charge on any atom is -0.355 e. The van der Waals surface area contributed by atoms with Gasteiger partial charge in [0.2, 0.25) is 0 Å². The molecule has 1 aliphatic heterocycles. The maximum absolute atomic E-state index is 3.44. The summed E-state index contributed by atoms with van der Waals surface area (Å²) in [5.74, 6) is 0. The Kier molecular flexibility index (Phi) is 4.27. The fourth-order valence-electron chi connectivity index (χ4n) is 3.92. The topological polar surface area (TPSA) is 12.0 Å². The summed E-state index contributed by atoms with van der Waals surface area (Å²) >= 11 is 0. The quantitative estimate of drug-likeness (QED) is 0.303. The maximum atomic E-state index is 3.44. The van der Waals surface area contributed by atoms with E-state index >= 15 is 0 Å². The number of fused-ring (bicyclic) bond motifs is 5. The van der Waals surface area contributed by atoms with Gasteiger partial charge in [-0.2, -0.15) is 0 Å². The molecule has 0 saturated carbocycles. The van der Waals surface area contributed by atoms with Gasteiger partial charge in [-0.25, -0.2) is 0 Å². The number of hydrogen-bond donors (Lipinski definition) is 1. The van der Waals surface area contributed by atoms with Crippen LogP contribution < -0.4 is 5.32 Å². The summed E-state index contributed by atoms with van der Waals surface area (Å²) in [6.07, 6.45) is 5.40. The highest BCUT2D eigenvalue weighted by molar-refractivity contribution is 5.87. The maximum Gasteiger partial charge on any atom is 0.0457 e. The van der Waals surface area contributed by atoms with Gasteiger partial charge in [0.25, 0.3) is 0 Å². The zero-order valence-corrected chi connectivity index (χ0v) is 15.6. The van der Waals surface area contributed by atoms with Crippen LogP contribution in [-0.2, 0) is 6.42 Å². The van der Waals surface area contributed by atoms with Crippen LogP contribution in [0.2, 0.25) is 0 Å². The Hall–Kier alpha value is -3.58. The number of nitrogens with one attached hydrogen (secondary N) is 1. The first-order valence-electron chi connectivity index (χ1n) is 9.68. The number of hydrogen-bond acceptors (Lipinski definition) is 1. The molecule has 1 nitrogen and oxygen atoms in total. The van der Waals surface area contributed by atoms with Gasteiger partial charge < -0.3 is 5.32 Å². The third-order valence-electron chi connectivity index (χ3n) is 5.34. The zero-order chi connectivity index (χ0) is 18.8. The summed E-state index contributed by atoms with van der Waals surface area (Å²) in [6.45, 7) is 0. The second-order valence-electron chi connectivity index (χ2n) is 7.12. The van der Waals surface area contributed by atoms with E-state index in [2.05, 4.69) is 102 Å². The molecule has 4 aromatic carbocycles. The van der Waals surface area contributed by atoms with Gasteiger partial charge in [-0.1, -0.05) is 97.1 Å². The molecule has 1 aliphatic carbocycles. The lowest BCUT2D eigenvalue weighted by Gasteiger charge is -2.08. The minimum absolute atomic E-state index is 1.10. The van der Waals surface area contributed by atoms with Gasteiger partial charge in [0.15, 0.2) is 0 Å². The molecule has 0 fully saturated rings. The molecule has 0 bridgehead atoms. The summed E-state index contributed by atoms with van der Waals surface area (Å²) in [6, 6.07) is 34.0. The Morgan fingerprint density at radius 2 is 0.893 bits per heavy atom. The van der Waals surface area contributed by atoms with Gasteiger partial charge in [-0.15, -0.1) is 0 Å². The molecule has 0 unspecified atom stereocenters. The molecule has 28 heavy (non-hydrogen) atoms. The molecule has 0 atom stereocenters. The van der Waals surface area contributed by atoms with E-state index in [1.54, 1.807) is 0 Å². The van der Waals surface area contributed by atoms with Crippen molar-refractivity contribution in [3.05, 3.63) is 119 Å². The molecule has 0 amide bonds. The van der Waals surface area contributed by atoms with Gasteiger partial charge >= 0.3 is 0 Å². The Balaban J connectivity index is 0.000000123. The summed E-state index contributed by atoms with van der Waals surface area (Å²) < 4.78 is 0. The third-order valence-corrected chi connectivity index (χ3v) is 5.34. The van der Waals surface area contributed by atoms with Crippen LogP contribution in [0.4, 0.5) is 11.4 Å². The van der Waals surface area contributed by atoms with E-state index in [1.165, 1.54) is 44.8 Å². The van der Waals surface area contributed by atoms with E-state index in [1.807, 2.05) is 12.1 Å². The third kappa shape index (κ3) is 3.12. The average Bonchev–Trinajstić information content (AvgIpc) is 3.02. The van der Waals surface area contributed by atoms with Gasteiger partial charge in [0.05, 0.1) is 0 Å². The van der Waals surface area contributed by atoms with Gasteiger partial charge in [-0.05, 0) is 51.9 Å². The monoisotopic (exact) mass is 359 g/mol. The highest BCUT2D eigenvalue weighted by atomic mass is 14.9. The molecule has 6 rings (SSSR count). The standard InChI is InChI=1S/C14H11N.C13H10/c1-3-7-13-11(5-1)9-10-12-6-2-4-8-14(12)15-13;1-3-7-12-10(5-1)9-11-6-2-4-8-13(11)12/h1-10,15H;1-8H,9H2. The summed E-state index contributed by atoms with van der Waals surface area (Å²) in [5, 5.41) is 3.44. The van der Waals surface area contributed by atoms with Crippen LogP contribution >= 0.6 is 0 Å². The molecule has 0 radical (unpaired) electrons. The molecule has 0 saturated heterocycles. The van der Waals surface area contributed by atoms with Crippen LogP contribution in [0, 0.1) is 0 Å². The lowest BCUT2D eigenvalue weighted by atomic mass is 10.1. The fourth-order valence-corrected chi connectivity index (χ4v) is 3.92. The molecule has 0 spiro atoms. The van der Waals surface area contributed by atoms with Crippen molar-refractivity contribution in [3.8, 4) is 11.1 Å². The van der Waals surface area contributed by atoms with Crippen molar-refractivity contribution in [3.63, 3.8) is 0 Å². The molecule has 134 valence electrons. The van der Waals surface area contributed by atoms with Crippen molar-refractivity contribution in [1.29, 1.82) is 0 Å². The van der Waals surface area contributed by atoms with Crippen LogP contribution in [-0.4, -0.2) is 0 Å². The number of anilines is 2. The molecular weight excluding hydrogens is 338 g/mol. The molecule has 2 aliphatic rings. The molecule has 1 N–H and O–H groups in total. The molecule has 1 heterocycles. The van der Waals surface area contributed by atoms with Crippen LogP contribution in [0.1, 0.15) is 22.3 Å². The van der Waals surface area contributed by atoms with Crippen molar-refractivity contribution in [2.45, 2.75) is 6.42 Å². The fraction of sp³-hybridized carbons (Fsp3) is 0.0370. The van der Waals surface area contributed by atoms with Gasteiger partial charge in [0, 0.05) is 11.4 Å². The summed E-state index contributed by atoms with van der Waals surface area (Å²) in [7, 11) is 0. The van der Waals surface area contributed by atoms with Gasteiger partial charge in [-0.3, -0.25) is 0 Å². The first-order valence-corrected chi connectivity index (χ1v) is 9.68. The number of benzene rings is 4. The van der Waals surface area contributed by atoms with Crippen molar-refractivity contribution >= 4 is 23.5 Å². The Morgan fingerprint density at radius 3 is 1.43 bits per heavy atom. The molecule has 1 heteroatoms. The van der Waals surface area contributed by atoms with Crippen LogP contribution in [0.3, 0.4) is 0 Å². The lowest BCUT2D eigenvalue weighted by Crippen LogP contribution is -1.92. The molecule has 0 aromatic heterocycles. The molecule has 4 aromatic rings. The SMILES string of the molecule is C1=Cc2ccccc2Nc2ccccc21.c1ccc2c(c1)Cc1ccccc1-2. The van der Waals surface area contributed by atoms with Crippen LogP contribution in [0.15, 0.2) is 97.1 Å². The van der Waals surface area contributed by atoms with E-state index < -0.39 is 0 Å². The van der Waals surface area contributed by atoms with Crippen molar-refractivity contribution < 1.29 is 0 Å². The predicted octanol–water partition coefficient (Wildman–Crippen LogP) is 7.17. The van der Waals surface area contributed by atoms with E-state index in [9.17, 15) is 0 Å². The van der Waals surface area contributed by atoms with E-state index in [0.29, 0.717) is 0 Å². The summed E-state index contributed by atoms with van der Waals surface area (Å²) in [5.41, 5.74) is 10.5. The van der Waals surface area contributed by atoms with Gasteiger partial charge in [0.1, 0.15) is 0 Å². The smallest absolute Gasteiger partial charge is 0.0457 e. The van der Waals surface area contributed by atoms with E-state index in [0.717, 1.165) is 6.42 Å². The van der Waals surface area contributed by atoms with E-state index in [4.69, 9.17) is 0 Å². The second kappa shape index (κ2) is 7.21. The van der Waals surface area contributed by atoms with Crippen LogP contribution in [0.5, 0.6) is 0 Å². The molecular formula is C27H21N.